The zero-order valence-corrected chi connectivity index (χ0v) is 5.81. The highest BCUT2D eigenvalue weighted by Crippen LogP contribution is 2.13. The van der Waals surface area contributed by atoms with Gasteiger partial charge >= 0.3 is 0 Å². The van der Waals surface area contributed by atoms with Crippen molar-refractivity contribution in [1.82, 2.24) is 4.90 Å². The molecule has 0 aromatic carbocycles. The highest BCUT2D eigenvalue weighted by atomic mass is 15.1. The summed E-state index contributed by atoms with van der Waals surface area (Å²) in [6, 6.07) is 0.676. The van der Waals surface area contributed by atoms with E-state index in [0.29, 0.717) is 6.04 Å². The van der Waals surface area contributed by atoms with Crippen molar-refractivity contribution in [2.75, 3.05) is 13.6 Å². The predicted octanol–water partition coefficient (Wildman–Crippen LogP) is 1.27. The van der Waals surface area contributed by atoms with Gasteiger partial charge in [0, 0.05) is 12.6 Å². The van der Waals surface area contributed by atoms with Gasteiger partial charge in [0.2, 0.25) is 0 Å². The van der Waals surface area contributed by atoms with E-state index in [1.807, 2.05) is 0 Å². The minimum Gasteiger partial charge on any atom is -0.296 e. The monoisotopic (exact) mass is 111 g/mol. The number of hydrogen-bond acceptors (Lipinski definition) is 1. The van der Waals surface area contributed by atoms with Crippen LogP contribution in [0.5, 0.6) is 0 Å². The van der Waals surface area contributed by atoms with Crippen LogP contribution >= 0.6 is 0 Å². The lowest BCUT2D eigenvalue weighted by molar-refractivity contribution is 0.343. The summed E-state index contributed by atoms with van der Waals surface area (Å²) in [6.07, 6.45) is 2.28. The van der Waals surface area contributed by atoms with Gasteiger partial charge in [-0.25, -0.2) is 0 Å². The molecule has 0 aromatic rings. The smallest absolute Gasteiger partial charge is 0.0277 e. The lowest BCUT2D eigenvalue weighted by Crippen LogP contribution is -2.23. The van der Waals surface area contributed by atoms with Crippen LogP contribution in [0.15, 0.2) is 11.6 Å². The second-order valence-corrected chi connectivity index (χ2v) is 2.56. The van der Waals surface area contributed by atoms with Crippen LogP contribution in [0, 0.1) is 0 Å². The van der Waals surface area contributed by atoms with E-state index in [1.54, 1.807) is 0 Å². The van der Waals surface area contributed by atoms with Crippen molar-refractivity contribution in [2.24, 2.45) is 0 Å². The normalized spacial score (nSPS) is 30.9. The van der Waals surface area contributed by atoms with Crippen molar-refractivity contribution in [3.63, 3.8) is 0 Å². The van der Waals surface area contributed by atoms with Crippen molar-refractivity contribution in [1.29, 1.82) is 0 Å². The Hall–Kier alpha value is -0.300. The molecule has 1 heteroatoms. The van der Waals surface area contributed by atoms with Crippen LogP contribution in [-0.4, -0.2) is 24.5 Å². The number of rotatable bonds is 0. The maximum atomic E-state index is 2.33. The highest BCUT2D eigenvalue weighted by Gasteiger charge is 2.14. The zero-order chi connectivity index (χ0) is 6.15. The fourth-order valence-corrected chi connectivity index (χ4v) is 0.964. The summed E-state index contributed by atoms with van der Waals surface area (Å²) in [4.78, 5) is 2.33. The van der Waals surface area contributed by atoms with Gasteiger partial charge < -0.3 is 0 Å². The topological polar surface area (TPSA) is 3.24 Å². The van der Waals surface area contributed by atoms with Gasteiger partial charge in [0.25, 0.3) is 0 Å². The second-order valence-electron chi connectivity index (χ2n) is 2.56. The van der Waals surface area contributed by atoms with Crippen LogP contribution in [0.4, 0.5) is 0 Å². The first-order valence-corrected chi connectivity index (χ1v) is 3.08. The standard InChI is InChI=1S/C7H13N/c1-6-4-5-8(3)7(6)2/h4,7H,5H2,1-3H3. The molecule has 0 aliphatic carbocycles. The maximum absolute atomic E-state index is 2.33. The third-order valence-corrected chi connectivity index (χ3v) is 2.02. The first kappa shape index (κ1) is 5.83. The molecule has 1 aliphatic rings. The molecule has 46 valence electrons. The molecule has 0 fully saturated rings. The Morgan fingerprint density at radius 1 is 1.75 bits per heavy atom. The average Bonchev–Trinajstić information content (AvgIpc) is 1.98. The summed E-state index contributed by atoms with van der Waals surface area (Å²) in [6.45, 7) is 5.56. The Bertz CT molecular complexity index is 116. The van der Waals surface area contributed by atoms with Crippen LogP contribution in [0.3, 0.4) is 0 Å². The first-order chi connectivity index (χ1) is 3.72. The van der Waals surface area contributed by atoms with Gasteiger partial charge in [-0.15, -0.1) is 0 Å². The molecule has 1 nitrogen and oxygen atoms in total. The van der Waals surface area contributed by atoms with E-state index >= 15 is 0 Å². The van der Waals surface area contributed by atoms with Crippen molar-refractivity contribution in [3.8, 4) is 0 Å². The van der Waals surface area contributed by atoms with Gasteiger partial charge in [-0.3, -0.25) is 4.90 Å². The molecule has 8 heavy (non-hydrogen) atoms. The number of likely N-dealkylation sites (N-methyl/N-ethyl adjacent to an activating group) is 1. The van der Waals surface area contributed by atoms with E-state index in [2.05, 4.69) is 31.9 Å². The Balaban J connectivity index is 2.59. The summed E-state index contributed by atoms with van der Waals surface area (Å²) in [5.74, 6) is 0. The zero-order valence-electron chi connectivity index (χ0n) is 5.81. The van der Waals surface area contributed by atoms with Crippen LogP contribution in [0.1, 0.15) is 13.8 Å². The molecule has 1 atom stereocenters. The van der Waals surface area contributed by atoms with Crippen molar-refractivity contribution in [3.05, 3.63) is 11.6 Å². The van der Waals surface area contributed by atoms with Gasteiger partial charge in [0.05, 0.1) is 0 Å². The second kappa shape index (κ2) is 1.90. The van der Waals surface area contributed by atoms with Crippen LogP contribution in [0.25, 0.3) is 0 Å². The lowest BCUT2D eigenvalue weighted by Gasteiger charge is -2.15. The fraction of sp³-hybridized carbons (Fsp3) is 0.714. The summed E-state index contributed by atoms with van der Waals surface area (Å²) < 4.78 is 0. The Labute approximate surface area is 51.0 Å². The van der Waals surface area contributed by atoms with Gasteiger partial charge in [0.1, 0.15) is 0 Å². The summed E-state index contributed by atoms with van der Waals surface area (Å²) in [5.41, 5.74) is 1.51. The quantitative estimate of drug-likeness (QED) is 0.425. The predicted molar refractivity (Wildman–Crippen MR) is 35.8 cm³/mol. The molecular formula is C7H13N. The molecule has 1 aliphatic heterocycles. The van der Waals surface area contributed by atoms with Gasteiger partial charge in [-0.1, -0.05) is 11.6 Å². The third-order valence-electron chi connectivity index (χ3n) is 2.02. The summed E-state index contributed by atoms with van der Waals surface area (Å²) in [7, 11) is 2.15. The van der Waals surface area contributed by atoms with Crippen LogP contribution in [0.2, 0.25) is 0 Å². The molecule has 1 unspecified atom stereocenters. The summed E-state index contributed by atoms with van der Waals surface area (Å²) in [5, 5.41) is 0. The minimum absolute atomic E-state index is 0.676. The SMILES string of the molecule is CC1=CCN(C)C1C. The molecule has 1 rings (SSSR count). The molecule has 0 radical (unpaired) electrons. The van der Waals surface area contributed by atoms with E-state index < -0.39 is 0 Å². The molecule has 1 heterocycles. The largest absolute Gasteiger partial charge is 0.296 e. The Kier molecular flexibility index (Phi) is 1.39. The van der Waals surface area contributed by atoms with Gasteiger partial charge in [0.15, 0.2) is 0 Å². The van der Waals surface area contributed by atoms with E-state index in [4.69, 9.17) is 0 Å². The summed E-state index contributed by atoms with van der Waals surface area (Å²) >= 11 is 0. The maximum Gasteiger partial charge on any atom is 0.0277 e. The van der Waals surface area contributed by atoms with Crippen molar-refractivity contribution in [2.45, 2.75) is 19.9 Å². The van der Waals surface area contributed by atoms with E-state index in [1.165, 1.54) is 5.57 Å². The highest BCUT2D eigenvalue weighted by molar-refractivity contribution is 5.13. The number of hydrogen-bond donors (Lipinski definition) is 0. The average molecular weight is 111 g/mol. The molecular weight excluding hydrogens is 98.1 g/mol. The van der Waals surface area contributed by atoms with Crippen molar-refractivity contribution < 1.29 is 0 Å². The fourth-order valence-electron chi connectivity index (χ4n) is 0.964. The van der Waals surface area contributed by atoms with E-state index in [-0.39, 0.29) is 0 Å². The molecule has 0 bridgehead atoms. The third kappa shape index (κ3) is 0.781. The van der Waals surface area contributed by atoms with Gasteiger partial charge in [-0.2, -0.15) is 0 Å². The van der Waals surface area contributed by atoms with Crippen LogP contribution < -0.4 is 0 Å². The van der Waals surface area contributed by atoms with Crippen LogP contribution in [-0.2, 0) is 0 Å². The van der Waals surface area contributed by atoms with Crippen molar-refractivity contribution >= 4 is 0 Å². The molecule has 0 saturated carbocycles. The van der Waals surface area contributed by atoms with E-state index in [0.717, 1.165) is 6.54 Å². The molecule has 0 amide bonds. The van der Waals surface area contributed by atoms with E-state index in [9.17, 15) is 0 Å². The van der Waals surface area contributed by atoms with Gasteiger partial charge in [-0.05, 0) is 20.9 Å². The molecule has 0 saturated heterocycles. The minimum atomic E-state index is 0.676. The Morgan fingerprint density at radius 3 is 2.50 bits per heavy atom. The lowest BCUT2D eigenvalue weighted by atomic mass is 10.2. The number of nitrogens with zero attached hydrogens (tertiary/aromatic N) is 1. The molecule has 0 spiro atoms. The molecule has 0 aromatic heterocycles. The first-order valence-electron chi connectivity index (χ1n) is 3.08. The Morgan fingerprint density at radius 2 is 2.38 bits per heavy atom. The molecule has 0 N–H and O–H groups in total.